The second-order valence-corrected chi connectivity index (χ2v) is 8.25. The smallest absolute Gasteiger partial charge is 0.355 e. The minimum absolute atomic E-state index is 0.127. The van der Waals surface area contributed by atoms with Gasteiger partial charge in [0.25, 0.3) is 5.91 Å². The van der Waals surface area contributed by atoms with Gasteiger partial charge in [0.2, 0.25) is 5.91 Å². The fraction of sp³-hybridized carbons (Fsp3) is 0.269. The number of nitrogens with one attached hydrogen (secondary N) is 1. The maximum atomic E-state index is 12.8. The van der Waals surface area contributed by atoms with Crippen LogP contribution in [-0.2, 0) is 11.0 Å². The Balaban J connectivity index is 1.28. The lowest BCUT2D eigenvalue weighted by atomic mass is 10.0. The van der Waals surface area contributed by atoms with Gasteiger partial charge < -0.3 is 15.1 Å². The van der Waals surface area contributed by atoms with Gasteiger partial charge in [-0.3, -0.25) is 9.59 Å². The van der Waals surface area contributed by atoms with Crippen molar-refractivity contribution in [1.82, 2.24) is 15.2 Å². The third-order valence-electron chi connectivity index (χ3n) is 5.90. The molecule has 35 heavy (non-hydrogen) atoms. The molecular formula is C26H25F3N4O2. The number of carbonyl (C=O) groups excluding carboxylic acids is 2. The summed E-state index contributed by atoms with van der Waals surface area (Å²) in [7, 11) is 0. The van der Waals surface area contributed by atoms with Crippen molar-refractivity contribution >= 4 is 17.6 Å². The molecule has 0 saturated carbocycles. The van der Waals surface area contributed by atoms with Crippen molar-refractivity contribution in [3.63, 3.8) is 0 Å². The predicted octanol–water partition coefficient (Wildman–Crippen LogP) is 4.24. The first-order valence-corrected chi connectivity index (χ1v) is 11.3. The van der Waals surface area contributed by atoms with Gasteiger partial charge in [-0.2, -0.15) is 13.2 Å². The van der Waals surface area contributed by atoms with Crippen molar-refractivity contribution in [2.24, 2.45) is 0 Å². The van der Waals surface area contributed by atoms with Gasteiger partial charge in [-0.15, -0.1) is 0 Å². The van der Waals surface area contributed by atoms with Crippen molar-refractivity contribution in [2.45, 2.75) is 12.6 Å². The molecule has 0 spiro atoms. The van der Waals surface area contributed by atoms with Gasteiger partial charge in [-0.05, 0) is 41.8 Å². The standard InChI is InChI=1S/C26H25F3N4O2/c27-26(28,29)22-11-12-23(30-17-22)32-13-4-14-33(16-15-32)24(34)18-31-25(35)21-9-7-20(8-10-21)19-5-2-1-3-6-19/h1-3,5-12,17H,4,13-16,18H2,(H,31,35). The Kier molecular flexibility index (Phi) is 7.33. The largest absolute Gasteiger partial charge is 0.417 e. The first-order valence-electron chi connectivity index (χ1n) is 11.3. The molecule has 2 amide bonds. The van der Waals surface area contributed by atoms with Crippen LogP contribution in [0.5, 0.6) is 0 Å². The quantitative estimate of drug-likeness (QED) is 0.591. The molecule has 1 fully saturated rings. The molecule has 4 rings (SSSR count). The third kappa shape index (κ3) is 6.17. The normalized spacial score (nSPS) is 14.4. The fourth-order valence-electron chi connectivity index (χ4n) is 3.95. The molecule has 1 aliphatic rings. The number of rotatable bonds is 5. The maximum Gasteiger partial charge on any atom is 0.417 e. The fourth-order valence-corrected chi connectivity index (χ4v) is 3.95. The molecule has 3 aromatic rings. The number of alkyl halides is 3. The van der Waals surface area contributed by atoms with Crippen molar-refractivity contribution < 1.29 is 22.8 Å². The lowest BCUT2D eigenvalue weighted by Gasteiger charge is -2.23. The summed E-state index contributed by atoms with van der Waals surface area (Å²) in [5, 5.41) is 2.68. The van der Waals surface area contributed by atoms with Crippen LogP contribution in [-0.4, -0.2) is 54.4 Å². The van der Waals surface area contributed by atoms with Gasteiger partial charge in [-0.1, -0.05) is 42.5 Å². The molecule has 0 unspecified atom stereocenters. The monoisotopic (exact) mass is 482 g/mol. The van der Waals surface area contributed by atoms with E-state index in [4.69, 9.17) is 0 Å². The summed E-state index contributed by atoms with van der Waals surface area (Å²) in [6.45, 7) is 1.78. The molecule has 182 valence electrons. The van der Waals surface area contributed by atoms with E-state index in [1.807, 2.05) is 47.4 Å². The Morgan fingerprint density at radius 3 is 2.23 bits per heavy atom. The van der Waals surface area contributed by atoms with Crippen molar-refractivity contribution in [3.05, 3.63) is 84.1 Å². The maximum absolute atomic E-state index is 12.8. The van der Waals surface area contributed by atoms with E-state index in [2.05, 4.69) is 10.3 Å². The number of carbonyl (C=O) groups is 2. The third-order valence-corrected chi connectivity index (χ3v) is 5.90. The average Bonchev–Trinajstić information content (AvgIpc) is 3.14. The summed E-state index contributed by atoms with van der Waals surface area (Å²) in [4.78, 5) is 32.6. The Labute approximate surface area is 201 Å². The first-order chi connectivity index (χ1) is 16.8. The van der Waals surface area contributed by atoms with E-state index in [9.17, 15) is 22.8 Å². The van der Waals surface area contributed by atoms with Crippen LogP contribution in [0.15, 0.2) is 72.9 Å². The van der Waals surface area contributed by atoms with Crippen LogP contribution < -0.4 is 10.2 Å². The van der Waals surface area contributed by atoms with E-state index in [1.54, 1.807) is 17.0 Å². The summed E-state index contributed by atoms with van der Waals surface area (Å²) < 4.78 is 38.3. The van der Waals surface area contributed by atoms with Gasteiger partial charge in [0.05, 0.1) is 12.1 Å². The molecule has 1 N–H and O–H groups in total. The van der Waals surface area contributed by atoms with Crippen LogP contribution in [0.1, 0.15) is 22.3 Å². The highest BCUT2D eigenvalue weighted by molar-refractivity contribution is 5.96. The van der Waals surface area contributed by atoms with Gasteiger partial charge in [-0.25, -0.2) is 4.98 Å². The molecule has 0 aliphatic carbocycles. The van der Waals surface area contributed by atoms with Crippen LogP contribution >= 0.6 is 0 Å². The van der Waals surface area contributed by atoms with Gasteiger partial charge in [0.1, 0.15) is 5.82 Å². The number of halogens is 3. The average molecular weight is 483 g/mol. The highest BCUT2D eigenvalue weighted by Crippen LogP contribution is 2.29. The molecule has 0 bridgehead atoms. The van der Waals surface area contributed by atoms with Crippen LogP contribution in [0.3, 0.4) is 0 Å². The second kappa shape index (κ2) is 10.6. The zero-order valence-corrected chi connectivity index (χ0v) is 19.0. The number of anilines is 1. The number of aromatic nitrogens is 1. The minimum Gasteiger partial charge on any atom is -0.355 e. The van der Waals surface area contributed by atoms with E-state index in [0.29, 0.717) is 44.0 Å². The first kappa shape index (κ1) is 24.3. The van der Waals surface area contributed by atoms with E-state index < -0.39 is 11.7 Å². The van der Waals surface area contributed by atoms with E-state index in [-0.39, 0.29) is 18.4 Å². The predicted molar refractivity (Wildman–Crippen MR) is 127 cm³/mol. The van der Waals surface area contributed by atoms with E-state index >= 15 is 0 Å². The lowest BCUT2D eigenvalue weighted by Crippen LogP contribution is -2.42. The number of nitrogens with zero attached hydrogens (tertiary/aromatic N) is 3. The SMILES string of the molecule is O=C(NCC(=O)N1CCCN(c2ccc(C(F)(F)F)cn2)CC1)c1ccc(-c2ccccc2)cc1. The molecule has 2 aromatic carbocycles. The number of amides is 2. The topological polar surface area (TPSA) is 65.5 Å². The van der Waals surface area contributed by atoms with Crippen molar-refractivity contribution in [1.29, 1.82) is 0 Å². The molecule has 1 aliphatic heterocycles. The number of pyridine rings is 1. The van der Waals surface area contributed by atoms with Crippen LogP contribution in [0.2, 0.25) is 0 Å². The Morgan fingerprint density at radius 2 is 1.57 bits per heavy atom. The zero-order chi connectivity index (χ0) is 24.8. The van der Waals surface area contributed by atoms with E-state index in [1.165, 1.54) is 6.07 Å². The molecule has 1 aromatic heterocycles. The second-order valence-electron chi connectivity index (χ2n) is 8.25. The highest BCUT2D eigenvalue weighted by atomic mass is 19.4. The summed E-state index contributed by atoms with van der Waals surface area (Å²) in [5.74, 6) is -0.0931. The van der Waals surface area contributed by atoms with Gasteiger partial charge in [0, 0.05) is 37.9 Å². The summed E-state index contributed by atoms with van der Waals surface area (Å²) >= 11 is 0. The molecule has 2 heterocycles. The Bertz CT molecular complexity index is 1150. The summed E-state index contributed by atoms with van der Waals surface area (Å²) in [6, 6.07) is 19.4. The van der Waals surface area contributed by atoms with Crippen LogP contribution in [0, 0.1) is 0 Å². The van der Waals surface area contributed by atoms with Crippen LogP contribution in [0.25, 0.3) is 11.1 Å². The number of hydrogen-bond donors (Lipinski definition) is 1. The molecule has 0 radical (unpaired) electrons. The summed E-state index contributed by atoms with van der Waals surface area (Å²) in [6.07, 6.45) is -2.96. The highest BCUT2D eigenvalue weighted by Gasteiger charge is 2.31. The van der Waals surface area contributed by atoms with Gasteiger partial charge in [0.15, 0.2) is 0 Å². The molecule has 0 atom stereocenters. The Morgan fingerprint density at radius 1 is 0.857 bits per heavy atom. The Hall–Kier alpha value is -3.88. The number of hydrogen-bond acceptors (Lipinski definition) is 4. The minimum atomic E-state index is -4.43. The molecule has 6 nitrogen and oxygen atoms in total. The van der Waals surface area contributed by atoms with Crippen molar-refractivity contribution in [2.75, 3.05) is 37.6 Å². The summed E-state index contributed by atoms with van der Waals surface area (Å²) in [5.41, 5.74) is 1.72. The zero-order valence-electron chi connectivity index (χ0n) is 19.0. The number of benzene rings is 2. The van der Waals surface area contributed by atoms with E-state index in [0.717, 1.165) is 23.4 Å². The molecule has 1 saturated heterocycles. The molecular weight excluding hydrogens is 457 g/mol. The van der Waals surface area contributed by atoms with Crippen LogP contribution in [0.4, 0.5) is 19.0 Å². The van der Waals surface area contributed by atoms with Gasteiger partial charge >= 0.3 is 6.18 Å². The van der Waals surface area contributed by atoms with Crippen molar-refractivity contribution in [3.8, 4) is 11.1 Å². The molecule has 9 heteroatoms. The lowest BCUT2D eigenvalue weighted by molar-refractivity contribution is -0.137.